The molecule has 0 spiro atoms. The summed E-state index contributed by atoms with van der Waals surface area (Å²) in [4.78, 5) is 0. The molecule has 0 bridgehead atoms. The molecule has 0 saturated carbocycles. The fourth-order valence-corrected chi connectivity index (χ4v) is 1.36. The molecule has 12 heavy (non-hydrogen) atoms. The number of hydrogen-bond donors (Lipinski definition) is 1. The van der Waals surface area contributed by atoms with Crippen molar-refractivity contribution in [3.05, 3.63) is 0 Å². The summed E-state index contributed by atoms with van der Waals surface area (Å²) in [5.41, 5.74) is -1.18. The molecule has 1 rings (SSSR count). The molecule has 1 aliphatic rings. The van der Waals surface area contributed by atoms with Gasteiger partial charge < -0.3 is 10.1 Å². The van der Waals surface area contributed by atoms with E-state index in [9.17, 15) is 8.78 Å². The lowest BCUT2D eigenvalue weighted by atomic mass is 9.93. The topological polar surface area (TPSA) is 21.3 Å². The predicted molar refractivity (Wildman–Crippen MR) is 45.1 cm³/mol. The average Bonchev–Trinajstić information content (AvgIpc) is 2.05. The number of hydrogen-bond acceptors (Lipinski definition) is 2. The van der Waals surface area contributed by atoms with Crippen LogP contribution in [0.15, 0.2) is 0 Å². The maximum absolute atomic E-state index is 12.4. The third-order valence-corrected chi connectivity index (χ3v) is 2.25. The molecule has 0 aliphatic carbocycles. The van der Waals surface area contributed by atoms with E-state index in [1.807, 2.05) is 0 Å². The van der Waals surface area contributed by atoms with Crippen molar-refractivity contribution in [1.29, 1.82) is 0 Å². The highest BCUT2D eigenvalue weighted by molar-refractivity contribution is 5.85. The van der Waals surface area contributed by atoms with Gasteiger partial charge in [0.15, 0.2) is 0 Å². The Labute approximate surface area is 77.1 Å². The number of methoxy groups -OCH3 is 1. The van der Waals surface area contributed by atoms with Crippen LogP contribution in [0.25, 0.3) is 0 Å². The number of alkyl halides is 2. The van der Waals surface area contributed by atoms with Crippen LogP contribution in [0.2, 0.25) is 0 Å². The Kier molecular flexibility index (Phi) is 4.97. The first-order chi connectivity index (χ1) is 5.21. The highest BCUT2D eigenvalue weighted by Gasteiger charge is 2.40. The van der Waals surface area contributed by atoms with Crippen molar-refractivity contribution in [2.45, 2.75) is 24.9 Å². The first kappa shape index (κ1) is 12.1. The largest absolute Gasteiger partial charge is 0.372 e. The van der Waals surface area contributed by atoms with Gasteiger partial charge in [-0.15, -0.1) is 12.4 Å². The second kappa shape index (κ2) is 4.94. The average molecular weight is 202 g/mol. The van der Waals surface area contributed by atoms with Crippen LogP contribution in [0, 0.1) is 0 Å². The quantitative estimate of drug-likeness (QED) is 0.730. The van der Waals surface area contributed by atoms with Crippen molar-refractivity contribution in [3.63, 3.8) is 0 Å². The maximum atomic E-state index is 12.4. The van der Waals surface area contributed by atoms with Crippen LogP contribution < -0.4 is 5.32 Å². The SMILES string of the molecule is COC1(C(F)F)CCNCC1.Cl. The van der Waals surface area contributed by atoms with Crippen molar-refractivity contribution in [2.24, 2.45) is 0 Å². The van der Waals surface area contributed by atoms with Crippen molar-refractivity contribution in [3.8, 4) is 0 Å². The molecule has 0 radical (unpaired) electrons. The lowest BCUT2D eigenvalue weighted by Crippen LogP contribution is -2.48. The lowest BCUT2D eigenvalue weighted by Gasteiger charge is -2.35. The van der Waals surface area contributed by atoms with Crippen molar-refractivity contribution >= 4 is 12.4 Å². The summed E-state index contributed by atoms with van der Waals surface area (Å²) in [6, 6.07) is 0. The molecular weight excluding hydrogens is 188 g/mol. The van der Waals surface area contributed by atoms with E-state index in [1.165, 1.54) is 7.11 Å². The van der Waals surface area contributed by atoms with Gasteiger partial charge in [0.05, 0.1) is 0 Å². The van der Waals surface area contributed by atoms with E-state index in [1.54, 1.807) is 0 Å². The van der Waals surface area contributed by atoms with Crippen LogP contribution in [-0.2, 0) is 4.74 Å². The van der Waals surface area contributed by atoms with Crippen LogP contribution in [0.3, 0.4) is 0 Å². The van der Waals surface area contributed by atoms with Gasteiger partial charge in [-0.1, -0.05) is 0 Å². The van der Waals surface area contributed by atoms with E-state index in [-0.39, 0.29) is 12.4 Å². The summed E-state index contributed by atoms with van der Waals surface area (Å²) in [6.07, 6.45) is -1.56. The zero-order valence-corrected chi connectivity index (χ0v) is 7.79. The molecule has 0 aromatic rings. The molecule has 1 N–H and O–H groups in total. The smallest absolute Gasteiger partial charge is 0.267 e. The van der Waals surface area contributed by atoms with Gasteiger partial charge in [0.2, 0.25) is 0 Å². The molecule has 0 unspecified atom stereocenters. The van der Waals surface area contributed by atoms with Gasteiger partial charge >= 0.3 is 0 Å². The molecule has 0 aromatic carbocycles. The highest BCUT2D eigenvalue weighted by Crippen LogP contribution is 2.29. The zero-order chi connectivity index (χ0) is 8.32. The highest BCUT2D eigenvalue weighted by atomic mass is 35.5. The predicted octanol–water partition coefficient (Wildman–Crippen LogP) is 1.44. The number of rotatable bonds is 2. The van der Waals surface area contributed by atoms with Crippen LogP contribution in [-0.4, -0.2) is 32.2 Å². The molecular formula is C7H14ClF2NO. The monoisotopic (exact) mass is 201 g/mol. The van der Waals surface area contributed by atoms with Crippen LogP contribution in [0.4, 0.5) is 8.78 Å². The van der Waals surface area contributed by atoms with Gasteiger partial charge in [-0.25, -0.2) is 8.78 Å². The van der Waals surface area contributed by atoms with Crippen LogP contribution in [0.1, 0.15) is 12.8 Å². The van der Waals surface area contributed by atoms with Crippen molar-refractivity contribution in [1.82, 2.24) is 5.32 Å². The molecule has 0 aromatic heterocycles. The minimum Gasteiger partial charge on any atom is -0.372 e. The Hall–Kier alpha value is 0.0700. The summed E-state index contributed by atoms with van der Waals surface area (Å²) in [5, 5.41) is 3.02. The summed E-state index contributed by atoms with van der Waals surface area (Å²) < 4.78 is 29.7. The zero-order valence-electron chi connectivity index (χ0n) is 6.98. The molecule has 1 fully saturated rings. The first-order valence-electron chi connectivity index (χ1n) is 3.75. The number of halogens is 3. The fraction of sp³-hybridized carbons (Fsp3) is 1.00. The van der Waals surface area contributed by atoms with E-state index < -0.39 is 12.0 Å². The summed E-state index contributed by atoms with van der Waals surface area (Å²) in [5.74, 6) is 0. The normalized spacial score (nSPS) is 22.0. The Morgan fingerprint density at radius 1 is 1.33 bits per heavy atom. The van der Waals surface area contributed by atoms with Crippen molar-refractivity contribution < 1.29 is 13.5 Å². The van der Waals surface area contributed by atoms with E-state index in [2.05, 4.69) is 5.32 Å². The van der Waals surface area contributed by atoms with E-state index >= 15 is 0 Å². The van der Waals surface area contributed by atoms with Gasteiger partial charge in [0, 0.05) is 7.11 Å². The summed E-state index contributed by atoms with van der Waals surface area (Å²) >= 11 is 0. The number of piperidine rings is 1. The summed E-state index contributed by atoms with van der Waals surface area (Å²) in [6.45, 7) is 1.25. The fourth-order valence-electron chi connectivity index (χ4n) is 1.36. The molecule has 0 amide bonds. The molecule has 1 saturated heterocycles. The molecule has 0 atom stereocenters. The van der Waals surface area contributed by atoms with E-state index in [4.69, 9.17) is 4.74 Å². The van der Waals surface area contributed by atoms with E-state index in [0.717, 1.165) is 0 Å². The van der Waals surface area contributed by atoms with Crippen LogP contribution in [0.5, 0.6) is 0 Å². The van der Waals surface area contributed by atoms with Gasteiger partial charge in [-0.2, -0.15) is 0 Å². The molecule has 1 heterocycles. The molecule has 5 heteroatoms. The van der Waals surface area contributed by atoms with Crippen LogP contribution >= 0.6 is 12.4 Å². The Morgan fingerprint density at radius 3 is 2.08 bits per heavy atom. The maximum Gasteiger partial charge on any atom is 0.267 e. The Morgan fingerprint density at radius 2 is 1.83 bits per heavy atom. The molecule has 1 aliphatic heterocycles. The van der Waals surface area contributed by atoms with Gasteiger partial charge in [0.1, 0.15) is 5.60 Å². The molecule has 2 nitrogen and oxygen atoms in total. The Balaban J connectivity index is 0.00000121. The number of ether oxygens (including phenoxy) is 1. The standard InChI is InChI=1S/C7H13F2NO.ClH/c1-11-7(6(8)9)2-4-10-5-3-7;/h6,10H,2-5H2,1H3;1H. The van der Waals surface area contributed by atoms with Crippen molar-refractivity contribution in [2.75, 3.05) is 20.2 Å². The number of nitrogens with one attached hydrogen (secondary N) is 1. The third kappa shape index (κ3) is 2.28. The third-order valence-electron chi connectivity index (χ3n) is 2.25. The molecule has 74 valence electrons. The first-order valence-corrected chi connectivity index (χ1v) is 3.75. The second-order valence-corrected chi connectivity index (χ2v) is 2.82. The Bertz CT molecular complexity index is 129. The summed E-state index contributed by atoms with van der Waals surface area (Å²) in [7, 11) is 1.36. The minimum absolute atomic E-state index is 0. The lowest BCUT2D eigenvalue weighted by molar-refractivity contribution is -0.136. The van der Waals surface area contributed by atoms with Gasteiger partial charge in [-0.3, -0.25) is 0 Å². The minimum atomic E-state index is -2.37. The van der Waals surface area contributed by atoms with E-state index in [0.29, 0.717) is 25.9 Å². The van der Waals surface area contributed by atoms with Gasteiger partial charge in [0.25, 0.3) is 6.43 Å². The van der Waals surface area contributed by atoms with Gasteiger partial charge in [-0.05, 0) is 25.9 Å². The second-order valence-electron chi connectivity index (χ2n) is 2.82.